The van der Waals surface area contributed by atoms with E-state index in [2.05, 4.69) is 24.3 Å². The Morgan fingerprint density at radius 2 is 1.71 bits per heavy atom. The maximum Gasteiger partial charge on any atom is 0.150 e. The van der Waals surface area contributed by atoms with E-state index < -0.39 is 9.84 Å². The third-order valence-electron chi connectivity index (χ3n) is 5.44. The highest BCUT2D eigenvalue weighted by Crippen LogP contribution is 2.36. The molecule has 2 aliphatic carbocycles. The molecule has 1 aromatic rings. The van der Waals surface area contributed by atoms with Crippen LogP contribution in [0.2, 0.25) is 0 Å². The van der Waals surface area contributed by atoms with E-state index in [4.69, 9.17) is 5.73 Å². The van der Waals surface area contributed by atoms with Crippen LogP contribution in [0.4, 0.5) is 0 Å². The second kappa shape index (κ2) is 5.73. The van der Waals surface area contributed by atoms with Crippen LogP contribution in [0.3, 0.4) is 0 Å². The Balaban J connectivity index is 1.68. The van der Waals surface area contributed by atoms with Crippen molar-refractivity contribution in [2.75, 3.05) is 6.26 Å². The van der Waals surface area contributed by atoms with Crippen LogP contribution in [0.25, 0.3) is 0 Å². The standard InChI is InChI=1S/C17H25NO2S/c1-21(19,20)16-8-4-7-14(11-16)17(18)15-9-12-5-2-3-6-13(12)10-15/h2-3,5-6,14-17H,4,7-11,18H2,1H3. The van der Waals surface area contributed by atoms with Gasteiger partial charge in [0.1, 0.15) is 9.84 Å². The maximum atomic E-state index is 11.8. The van der Waals surface area contributed by atoms with Crippen LogP contribution >= 0.6 is 0 Å². The highest BCUT2D eigenvalue weighted by Gasteiger charge is 2.36. The van der Waals surface area contributed by atoms with Crippen LogP contribution < -0.4 is 5.73 Å². The summed E-state index contributed by atoms with van der Waals surface area (Å²) in [5, 5.41) is -0.175. The summed E-state index contributed by atoms with van der Waals surface area (Å²) in [6, 6.07) is 8.70. The zero-order chi connectivity index (χ0) is 15.0. The SMILES string of the molecule is CS(=O)(=O)C1CCCC(C(N)C2Cc3ccccc3C2)C1. The lowest BCUT2D eigenvalue weighted by molar-refractivity contribution is 0.249. The second-order valence-electron chi connectivity index (χ2n) is 6.89. The molecule has 21 heavy (non-hydrogen) atoms. The Morgan fingerprint density at radius 3 is 2.29 bits per heavy atom. The van der Waals surface area contributed by atoms with Crippen LogP contribution in [0.15, 0.2) is 24.3 Å². The third kappa shape index (κ3) is 3.16. The highest BCUT2D eigenvalue weighted by atomic mass is 32.2. The summed E-state index contributed by atoms with van der Waals surface area (Å²) in [6.45, 7) is 0. The summed E-state index contributed by atoms with van der Waals surface area (Å²) in [5.74, 6) is 0.837. The van der Waals surface area contributed by atoms with Crippen LogP contribution in [-0.2, 0) is 22.7 Å². The number of nitrogens with two attached hydrogens (primary N) is 1. The van der Waals surface area contributed by atoms with Gasteiger partial charge in [0.15, 0.2) is 0 Å². The van der Waals surface area contributed by atoms with Gasteiger partial charge in [0.25, 0.3) is 0 Å². The van der Waals surface area contributed by atoms with E-state index in [9.17, 15) is 8.42 Å². The molecule has 1 aromatic carbocycles. The summed E-state index contributed by atoms with van der Waals surface area (Å²) < 4.78 is 23.6. The quantitative estimate of drug-likeness (QED) is 0.932. The number of hydrogen-bond acceptors (Lipinski definition) is 3. The molecule has 3 unspecified atom stereocenters. The molecule has 3 rings (SSSR count). The molecule has 2 N–H and O–H groups in total. The molecule has 1 fully saturated rings. The van der Waals surface area contributed by atoms with Crippen molar-refractivity contribution in [3.63, 3.8) is 0 Å². The summed E-state index contributed by atoms with van der Waals surface area (Å²) in [5.41, 5.74) is 9.39. The molecule has 116 valence electrons. The topological polar surface area (TPSA) is 60.2 Å². The minimum Gasteiger partial charge on any atom is -0.327 e. The molecule has 0 radical (unpaired) electrons. The number of sulfone groups is 1. The smallest absolute Gasteiger partial charge is 0.150 e. The van der Waals surface area contributed by atoms with Gasteiger partial charge in [-0.3, -0.25) is 0 Å². The molecule has 0 spiro atoms. The maximum absolute atomic E-state index is 11.8. The van der Waals surface area contributed by atoms with Gasteiger partial charge in [0.05, 0.1) is 5.25 Å². The van der Waals surface area contributed by atoms with Gasteiger partial charge in [-0.05, 0) is 55.1 Å². The molecular formula is C17H25NO2S. The molecule has 0 bridgehead atoms. The van der Waals surface area contributed by atoms with Gasteiger partial charge in [0.2, 0.25) is 0 Å². The Labute approximate surface area is 127 Å². The zero-order valence-electron chi connectivity index (χ0n) is 12.7. The Hall–Kier alpha value is -0.870. The molecule has 3 atom stereocenters. The number of hydrogen-bond donors (Lipinski definition) is 1. The van der Waals surface area contributed by atoms with Gasteiger partial charge in [-0.25, -0.2) is 8.42 Å². The average molecular weight is 307 g/mol. The van der Waals surface area contributed by atoms with Crippen molar-refractivity contribution in [1.82, 2.24) is 0 Å². The van der Waals surface area contributed by atoms with E-state index in [0.29, 0.717) is 11.8 Å². The summed E-state index contributed by atoms with van der Waals surface area (Å²) >= 11 is 0. The minimum absolute atomic E-state index is 0.127. The summed E-state index contributed by atoms with van der Waals surface area (Å²) in [4.78, 5) is 0. The largest absolute Gasteiger partial charge is 0.327 e. The first-order valence-electron chi connectivity index (χ1n) is 7.96. The molecular weight excluding hydrogens is 282 g/mol. The van der Waals surface area contributed by atoms with Crippen molar-refractivity contribution in [2.45, 2.75) is 49.8 Å². The predicted octanol–water partition coefficient (Wildman–Crippen LogP) is 2.33. The summed E-state index contributed by atoms with van der Waals surface area (Å²) in [6.07, 6.45) is 7.13. The van der Waals surface area contributed by atoms with Crippen molar-refractivity contribution in [2.24, 2.45) is 17.6 Å². The predicted molar refractivity (Wildman–Crippen MR) is 85.9 cm³/mol. The first kappa shape index (κ1) is 15.0. The fraction of sp³-hybridized carbons (Fsp3) is 0.647. The van der Waals surface area contributed by atoms with Crippen LogP contribution in [0.5, 0.6) is 0 Å². The molecule has 3 nitrogen and oxygen atoms in total. The molecule has 1 saturated carbocycles. The summed E-state index contributed by atoms with van der Waals surface area (Å²) in [7, 11) is -2.93. The lowest BCUT2D eigenvalue weighted by Crippen LogP contribution is -2.42. The number of fused-ring (bicyclic) bond motifs is 1. The second-order valence-corrected chi connectivity index (χ2v) is 9.22. The zero-order valence-corrected chi connectivity index (χ0v) is 13.5. The van der Waals surface area contributed by atoms with E-state index in [1.807, 2.05) is 0 Å². The Morgan fingerprint density at radius 1 is 1.10 bits per heavy atom. The van der Waals surface area contributed by atoms with E-state index >= 15 is 0 Å². The fourth-order valence-corrected chi connectivity index (χ4v) is 5.36. The molecule has 2 aliphatic rings. The number of rotatable bonds is 3. The van der Waals surface area contributed by atoms with E-state index in [-0.39, 0.29) is 11.3 Å². The van der Waals surface area contributed by atoms with Crippen molar-refractivity contribution < 1.29 is 8.42 Å². The molecule has 0 amide bonds. The fourth-order valence-electron chi connectivity index (χ4n) is 4.17. The first-order chi connectivity index (χ1) is 9.95. The van der Waals surface area contributed by atoms with E-state index in [0.717, 1.165) is 38.5 Å². The first-order valence-corrected chi connectivity index (χ1v) is 9.92. The third-order valence-corrected chi connectivity index (χ3v) is 7.08. The van der Waals surface area contributed by atoms with Crippen molar-refractivity contribution >= 4 is 9.84 Å². The van der Waals surface area contributed by atoms with Gasteiger partial charge in [0, 0.05) is 12.3 Å². The van der Waals surface area contributed by atoms with Crippen molar-refractivity contribution in [3.05, 3.63) is 35.4 Å². The van der Waals surface area contributed by atoms with Gasteiger partial charge in [-0.2, -0.15) is 0 Å². The van der Waals surface area contributed by atoms with Crippen LogP contribution in [0, 0.1) is 11.8 Å². The normalized spacial score (nSPS) is 28.3. The number of benzene rings is 1. The highest BCUT2D eigenvalue weighted by molar-refractivity contribution is 7.91. The van der Waals surface area contributed by atoms with E-state index in [1.54, 1.807) is 0 Å². The van der Waals surface area contributed by atoms with Gasteiger partial charge in [-0.15, -0.1) is 0 Å². The van der Waals surface area contributed by atoms with Crippen molar-refractivity contribution in [1.29, 1.82) is 0 Å². The van der Waals surface area contributed by atoms with E-state index in [1.165, 1.54) is 17.4 Å². The van der Waals surface area contributed by atoms with Crippen molar-refractivity contribution in [3.8, 4) is 0 Å². The van der Waals surface area contributed by atoms with Gasteiger partial charge >= 0.3 is 0 Å². The Kier molecular flexibility index (Phi) is 4.10. The lowest BCUT2D eigenvalue weighted by Gasteiger charge is -2.34. The Bertz CT molecular complexity index is 586. The molecule has 0 aromatic heterocycles. The van der Waals surface area contributed by atoms with Crippen LogP contribution in [0.1, 0.15) is 36.8 Å². The molecule has 4 heteroatoms. The van der Waals surface area contributed by atoms with Gasteiger partial charge < -0.3 is 5.73 Å². The molecule has 0 heterocycles. The average Bonchev–Trinajstić information content (AvgIpc) is 2.89. The van der Waals surface area contributed by atoms with Crippen LogP contribution in [-0.4, -0.2) is 26.0 Å². The molecule has 0 aliphatic heterocycles. The molecule has 0 saturated heterocycles. The minimum atomic E-state index is -2.93. The van der Waals surface area contributed by atoms with Gasteiger partial charge in [-0.1, -0.05) is 30.7 Å². The monoisotopic (exact) mass is 307 g/mol. The lowest BCUT2D eigenvalue weighted by atomic mass is 9.78.